The minimum Gasteiger partial charge on any atom is -0.345 e. The van der Waals surface area contributed by atoms with Crippen LogP contribution in [0.3, 0.4) is 0 Å². The van der Waals surface area contributed by atoms with E-state index in [4.69, 9.17) is 0 Å². The number of hydrogen-bond donors (Lipinski definition) is 1. The quantitative estimate of drug-likeness (QED) is 0.803. The van der Waals surface area contributed by atoms with Crippen LogP contribution < -0.4 is 5.32 Å². The lowest BCUT2D eigenvalue weighted by atomic mass is 9.99. The molecule has 1 heterocycles. The number of rotatable bonds is 5. The molecule has 1 fully saturated rings. The zero-order valence-corrected chi connectivity index (χ0v) is 11.8. The first-order chi connectivity index (χ1) is 7.97. The van der Waals surface area contributed by atoms with Crippen molar-refractivity contribution in [3.05, 3.63) is 0 Å². The average molecular weight is 258 g/mol. The number of hydrogen-bond acceptors (Lipinski definition) is 3. The van der Waals surface area contributed by atoms with Gasteiger partial charge in [0.25, 0.3) is 0 Å². The molecule has 98 valence electrons. The summed E-state index contributed by atoms with van der Waals surface area (Å²) in [5.41, 5.74) is 0. The van der Waals surface area contributed by atoms with Crippen molar-refractivity contribution >= 4 is 23.6 Å². The topological polar surface area (TPSA) is 49.4 Å². The number of carbonyl (C=O) groups is 2. The Balaban J connectivity index is 2.68. The normalized spacial score (nSPS) is 22.9. The maximum atomic E-state index is 11.9. The minimum absolute atomic E-state index is 0.0172. The Morgan fingerprint density at radius 2 is 2.06 bits per heavy atom. The molecule has 0 bridgehead atoms. The van der Waals surface area contributed by atoms with E-state index in [-0.39, 0.29) is 30.3 Å². The highest BCUT2D eigenvalue weighted by molar-refractivity contribution is 7.99. The SMILES string of the molecule is CSC(C)CCN1C(=O)CNC(=O)C1C(C)C. The lowest BCUT2D eigenvalue weighted by Crippen LogP contribution is -2.60. The maximum absolute atomic E-state index is 11.9. The summed E-state index contributed by atoms with van der Waals surface area (Å²) in [4.78, 5) is 25.4. The van der Waals surface area contributed by atoms with Gasteiger partial charge in [-0.2, -0.15) is 11.8 Å². The number of nitrogens with zero attached hydrogens (tertiary/aromatic N) is 1. The molecule has 0 aromatic rings. The molecule has 5 heteroatoms. The van der Waals surface area contributed by atoms with Gasteiger partial charge in [-0.1, -0.05) is 20.8 Å². The fourth-order valence-electron chi connectivity index (χ4n) is 2.03. The summed E-state index contributed by atoms with van der Waals surface area (Å²) >= 11 is 1.79. The van der Waals surface area contributed by atoms with Crippen molar-refractivity contribution in [1.82, 2.24) is 10.2 Å². The standard InChI is InChI=1S/C12H22N2O2S/c1-8(2)11-12(16)13-7-10(15)14(11)6-5-9(3)17-4/h8-9,11H,5-7H2,1-4H3,(H,13,16). The van der Waals surface area contributed by atoms with Gasteiger partial charge in [0.15, 0.2) is 0 Å². The molecule has 1 rings (SSSR count). The molecule has 2 atom stereocenters. The third kappa shape index (κ3) is 3.63. The zero-order valence-electron chi connectivity index (χ0n) is 11.0. The Morgan fingerprint density at radius 3 is 2.59 bits per heavy atom. The van der Waals surface area contributed by atoms with Crippen LogP contribution in [0, 0.1) is 5.92 Å². The van der Waals surface area contributed by atoms with Crippen molar-refractivity contribution < 1.29 is 9.59 Å². The van der Waals surface area contributed by atoms with Crippen LogP contribution in [0.4, 0.5) is 0 Å². The molecule has 0 aromatic heterocycles. The van der Waals surface area contributed by atoms with Gasteiger partial charge < -0.3 is 10.2 Å². The maximum Gasteiger partial charge on any atom is 0.243 e. The third-order valence-corrected chi connectivity index (χ3v) is 4.19. The zero-order chi connectivity index (χ0) is 13.0. The summed E-state index contributed by atoms with van der Waals surface area (Å²) in [5.74, 6) is 0.178. The molecule has 0 aliphatic carbocycles. The second kappa shape index (κ2) is 6.28. The van der Waals surface area contributed by atoms with Crippen LogP contribution in [0.15, 0.2) is 0 Å². The lowest BCUT2D eigenvalue weighted by Gasteiger charge is -2.37. The third-order valence-electron chi connectivity index (χ3n) is 3.15. The summed E-state index contributed by atoms with van der Waals surface area (Å²) in [5, 5.41) is 3.17. The smallest absolute Gasteiger partial charge is 0.243 e. The highest BCUT2D eigenvalue weighted by Crippen LogP contribution is 2.18. The van der Waals surface area contributed by atoms with Crippen LogP contribution in [-0.4, -0.2) is 47.4 Å². The van der Waals surface area contributed by atoms with Gasteiger partial charge in [-0.15, -0.1) is 0 Å². The number of nitrogens with one attached hydrogen (secondary N) is 1. The highest BCUT2D eigenvalue weighted by Gasteiger charge is 2.36. The summed E-state index contributed by atoms with van der Waals surface area (Å²) in [6.07, 6.45) is 3.00. The van der Waals surface area contributed by atoms with Crippen molar-refractivity contribution in [3.8, 4) is 0 Å². The summed E-state index contributed by atoms with van der Waals surface area (Å²) in [6, 6.07) is -0.301. The summed E-state index contributed by atoms with van der Waals surface area (Å²) < 4.78 is 0. The summed E-state index contributed by atoms with van der Waals surface area (Å²) in [6.45, 7) is 6.93. The molecule has 2 unspecified atom stereocenters. The van der Waals surface area contributed by atoms with Crippen LogP contribution in [0.1, 0.15) is 27.2 Å². The van der Waals surface area contributed by atoms with E-state index in [9.17, 15) is 9.59 Å². The van der Waals surface area contributed by atoms with Gasteiger partial charge in [-0.05, 0) is 18.6 Å². The first-order valence-corrected chi connectivity index (χ1v) is 7.36. The molecule has 2 amide bonds. The number of carbonyl (C=O) groups excluding carboxylic acids is 2. The van der Waals surface area contributed by atoms with Crippen LogP contribution in [0.25, 0.3) is 0 Å². The Bertz CT molecular complexity index is 294. The van der Waals surface area contributed by atoms with Crippen molar-refractivity contribution in [2.45, 2.75) is 38.5 Å². The van der Waals surface area contributed by atoms with E-state index in [1.807, 2.05) is 13.8 Å². The number of amides is 2. The molecule has 1 saturated heterocycles. The molecule has 1 aliphatic heterocycles. The van der Waals surface area contributed by atoms with E-state index in [0.717, 1.165) is 6.42 Å². The van der Waals surface area contributed by atoms with Crippen molar-refractivity contribution in [2.24, 2.45) is 5.92 Å². The van der Waals surface area contributed by atoms with E-state index in [2.05, 4.69) is 18.5 Å². The van der Waals surface area contributed by atoms with Crippen LogP contribution in [0.5, 0.6) is 0 Å². The number of thioether (sulfide) groups is 1. The average Bonchev–Trinajstić information content (AvgIpc) is 2.28. The summed E-state index contributed by atoms with van der Waals surface area (Å²) in [7, 11) is 0. The monoisotopic (exact) mass is 258 g/mol. The first kappa shape index (κ1) is 14.4. The van der Waals surface area contributed by atoms with E-state index in [1.54, 1.807) is 16.7 Å². The van der Waals surface area contributed by atoms with Crippen molar-refractivity contribution in [1.29, 1.82) is 0 Å². The molecular formula is C12H22N2O2S. The lowest BCUT2D eigenvalue weighted by molar-refractivity contribution is -0.147. The Hall–Kier alpha value is -0.710. The van der Waals surface area contributed by atoms with Crippen LogP contribution in [-0.2, 0) is 9.59 Å². The fraction of sp³-hybridized carbons (Fsp3) is 0.833. The van der Waals surface area contributed by atoms with Crippen molar-refractivity contribution in [2.75, 3.05) is 19.3 Å². The van der Waals surface area contributed by atoms with Gasteiger partial charge >= 0.3 is 0 Å². The Labute approximate surface area is 108 Å². The van der Waals surface area contributed by atoms with Gasteiger partial charge in [0.05, 0.1) is 6.54 Å². The van der Waals surface area contributed by atoms with Gasteiger partial charge in [-0.25, -0.2) is 0 Å². The molecule has 0 spiro atoms. The van der Waals surface area contributed by atoms with Crippen LogP contribution >= 0.6 is 11.8 Å². The predicted octanol–water partition coefficient (Wildman–Crippen LogP) is 1.11. The van der Waals surface area contributed by atoms with E-state index in [1.165, 1.54) is 0 Å². The number of piperazine rings is 1. The Morgan fingerprint density at radius 1 is 1.41 bits per heavy atom. The fourth-order valence-corrected chi connectivity index (χ4v) is 2.37. The largest absolute Gasteiger partial charge is 0.345 e. The van der Waals surface area contributed by atoms with Gasteiger partial charge in [0.2, 0.25) is 11.8 Å². The van der Waals surface area contributed by atoms with Gasteiger partial charge in [0.1, 0.15) is 6.04 Å². The highest BCUT2D eigenvalue weighted by atomic mass is 32.2. The minimum atomic E-state index is -0.301. The predicted molar refractivity (Wildman–Crippen MR) is 70.9 cm³/mol. The second-order valence-electron chi connectivity index (χ2n) is 4.83. The van der Waals surface area contributed by atoms with E-state index >= 15 is 0 Å². The Kier molecular flexibility index (Phi) is 5.31. The van der Waals surface area contributed by atoms with Crippen LogP contribution in [0.2, 0.25) is 0 Å². The van der Waals surface area contributed by atoms with Gasteiger partial charge in [-0.3, -0.25) is 9.59 Å². The van der Waals surface area contributed by atoms with Gasteiger partial charge in [0, 0.05) is 11.8 Å². The molecule has 1 N–H and O–H groups in total. The van der Waals surface area contributed by atoms with Crippen molar-refractivity contribution in [3.63, 3.8) is 0 Å². The molecule has 0 aromatic carbocycles. The van der Waals surface area contributed by atoms with E-state index in [0.29, 0.717) is 11.8 Å². The first-order valence-electron chi connectivity index (χ1n) is 6.07. The molecule has 4 nitrogen and oxygen atoms in total. The molecule has 0 radical (unpaired) electrons. The second-order valence-corrected chi connectivity index (χ2v) is 6.10. The van der Waals surface area contributed by atoms with E-state index < -0.39 is 0 Å². The molecule has 0 saturated carbocycles. The molecular weight excluding hydrogens is 236 g/mol. The molecule has 1 aliphatic rings. The molecule has 17 heavy (non-hydrogen) atoms.